The summed E-state index contributed by atoms with van der Waals surface area (Å²) in [5, 5.41) is 25.9. The van der Waals surface area contributed by atoms with Gasteiger partial charge in [0.25, 0.3) is 5.56 Å². The van der Waals surface area contributed by atoms with E-state index < -0.39 is 29.7 Å². The maximum absolute atomic E-state index is 14.0. The average molecular weight is 897 g/mol. The molecular weight excluding hydrogens is 837 g/mol. The van der Waals surface area contributed by atoms with Crippen LogP contribution in [0.5, 0.6) is 11.5 Å². The van der Waals surface area contributed by atoms with Gasteiger partial charge in [-0.25, -0.2) is 0 Å². The lowest BCUT2D eigenvalue weighted by molar-refractivity contribution is -0.142. The van der Waals surface area contributed by atoms with Crippen LogP contribution in [0, 0.1) is 34.6 Å². The van der Waals surface area contributed by atoms with Crippen molar-refractivity contribution in [3.8, 4) is 11.5 Å². The van der Waals surface area contributed by atoms with Gasteiger partial charge in [0.05, 0.1) is 17.8 Å². The van der Waals surface area contributed by atoms with Gasteiger partial charge in [0.2, 0.25) is 23.6 Å². The Labute approximate surface area is 384 Å². The molecule has 2 aliphatic heterocycles. The minimum absolute atomic E-state index is 0.0967. The highest BCUT2D eigenvalue weighted by Gasteiger charge is 2.38. The molecular formula is C51H60N8O7. The SMILES string of the molecule is Cc1cc(O)cc(C)c1C[C@H](N)C(=O)N1Cc2ccccc2CC1C(=O)NCCc1[nH]c(=O)c(CCNC(=O)C2Cc3ccccc3CN2C(=O)[C@@H](N)Cc2c(C)cc(O)cc2C)nc1C. The lowest BCUT2D eigenvalue weighted by atomic mass is 9.91. The summed E-state index contributed by atoms with van der Waals surface area (Å²) in [6.07, 6.45) is 1.52. The molecule has 2 aliphatic rings. The smallest absolute Gasteiger partial charge is 0.269 e. The molecule has 1 aromatic heterocycles. The molecule has 0 aliphatic carbocycles. The third kappa shape index (κ3) is 10.5. The molecule has 5 aromatic rings. The number of amides is 4. The molecule has 3 heterocycles. The fourth-order valence-corrected chi connectivity index (χ4v) is 9.49. The second-order valence-corrected chi connectivity index (χ2v) is 17.8. The molecule has 66 heavy (non-hydrogen) atoms. The number of fused-ring (bicyclic) bond motifs is 2. The fourth-order valence-electron chi connectivity index (χ4n) is 9.49. The average Bonchev–Trinajstić information content (AvgIpc) is 3.28. The number of benzene rings is 4. The topological polar surface area (TPSA) is 237 Å². The fraction of sp³-hybridized carbons (Fsp3) is 0.373. The Bertz CT molecular complexity index is 2690. The molecule has 4 atom stereocenters. The van der Waals surface area contributed by atoms with Crippen LogP contribution < -0.4 is 27.7 Å². The van der Waals surface area contributed by atoms with Crippen LogP contribution in [-0.4, -0.2) is 90.9 Å². The Morgan fingerprint density at radius 3 is 1.48 bits per heavy atom. The Hall–Kier alpha value is -6.84. The minimum atomic E-state index is -0.921. The largest absolute Gasteiger partial charge is 0.508 e. The van der Waals surface area contributed by atoms with Gasteiger partial charge in [0.1, 0.15) is 29.3 Å². The Balaban J connectivity index is 0.961. The summed E-state index contributed by atoms with van der Waals surface area (Å²) >= 11 is 0. The van der Waals surface area contributed by atoms with E-state index in [0.717, 1.165) is 55.6 Å². The van der Waals surface area contributed by atoms with Crippen molar-refractivity contribution in [2.45, 2.75) is 110 Å². The molecule has 0 spiro atoms. The van der Waals surface area contributed by atoms with Gasteiger partial charge in [-0.05, 0) is 127 Å². The number of hydrogen-bond donors (Lipinski definition) is 7. The first kappa shape index (κ1) is 47.1. The first-order valence-corrected chi connectivity index (χ1v) is 22.5. The molecule has 0 radical (unpaired) electrons. The molecule has 346 valence electrons. The number of phenolic OH excluding ortho intramolecular Hbond substituents is 2. The van der Waals surface area contributed by atoms with E-state index in [1.165, 1.54) is 4.90 Å². The number of H-pyrrole nitrogens is 1. The minimum Gasteiger partial charge on any atom is -0.508 e. The number of nitrogens with two attached hydrogens (primary N) is 2. The van der Waals surface area contributed by atoms with E-state index in [0.29, 0.717) is 24.2 Å². The summed E-state index contributed by atoms with van der Waals surface area (Å²) < 4.78 is 0. The number of nitrogens with zero attached hydrogens (tertiary/aromatic N) is 3. The predicted molar refractivity (Wildman–Crippen MR) is 251 cm³/mol. The molecule has 0 fully saturated rings. The summed E-state index contributed by atoms with van der Waals surface area (Å²) in [7, 11) is 0. The molecule has 2 unspecified atom stereocenters. The van der Waals surface area contributed by atoms with Crippen molar-refractivity contribution >= 4 is 23.6 Å². The van der Waals surface area contributed by atoms with Gasteiger partial charge in [0, 0.05) is 57.6 Å². The highest BCUT2D eigenvalue weighted by Crippen LogP contribution is 2.28. The zero-order chi connectivity index (χ0) is 47.4. The molecule has 15 nitrogen and oxygen atoms in total. The summed E-state index contributed by atoms with van der Waals surface area (Å²) in [6.45, 7) is 9.93. The van der Waals surface area contributed by atoms with Crippen LogP contribution in [0.4, 0.5) is 0 Å². The maximum Gasteiger partial charge on any atom is 0.269 e. The number of phenols is 2. The van der Waals surface area contributed by atoms with Gasteiger partial charge in [-0.3, -0.25) is 29.0 Å². The van der Waals surface area contributed by atoms with E-state index in [4.69, 9.17) is 11.5 Å². The Kier molecular flexibility index (Phi) is 14.4. The van der Waals surface area contributed by atoms with Crippen LogP contribution in [-0.2, 0) is 70.8 Å². The Morgan fingerprint density at radius 1 is 0.667 bits per heavy atom. The number of nitrogens with one attached hydrogen (secondary N) is 3. The third-order valence-corrected chi connectivity index (χ3v) is 13.1. The maximum atomic E-state index is 14.0. The first-order valence-electron chi connectivity index (χ1n) is 22.5. The van der Waals surface area contributed by atoms with Gasteiger partial charge in [-0.2, -0.15) is 0 Å². The molecule has 4 aromatic carbocycles. The monoisotopic (exact) mass is 896 g/mol. The zero-order valence-corrected chi connectivity index (χ0v) is 38.2. The number of hydrogen-bond acceptors (Lipinski definition) is 10. The van der Waals surface area contributed by atoms with Crippen LogP contribution >= 0.6 is 0 Å². The highest BCUT2D eigenvalue weighted by molar-refractivity contribution is 5.91. The predicted octanol–water partition coefficient (Wildman–Crippen LogP) is 3.09. The van der Waals surface area contributed by atoms with Gasteiger partial charge >= 0.3 is 0 Å². The van der Waals surface area contributed by atoms with E-state index in [9.17, 15) is 34.2 Å². The van der Waals surface area contributed by atoms with Crippen molar-refractivity contribution in [2.24, 2.45) is 11.5 Å². The summed E-state index contributed by atoms with van der Waals surface area (Å²) in [5.74, 6) is -1.12. The van der Waals surface area contributed by atoms with Crippen molar-refractivity contribution in [3.05, 3.63) is 156 Å². The van der Waals surface area contributed by atoms with Crippen LogP contribution in [0.25, 0.3) is 0 Å². The summed E-state index contributed by atoms with van der Waals surface area (Å²) in [5.41, 5.74) is 22.9. The number of carbonyl (C=O) groups is 4. The summed E-state index contributed by atoms with van der Waals surface area (Å²) in [4.78, 5) is 79.5. The normalized spacial score (nSPS) is 16.5. The number of aromatic nitrogens is 2. The molecule has 9 N–H and O–H groups in total. The summed E-state index contributed by atoms with van der Waals surface area (Å²) in [6, 6.07) is 18.5. The van der Waals surface area contributed by atoms with Crippen molar-refractivity contribution in [1.29, 1.82) is 0 Å². The van der Waals surface area contributed by atoms with Crippen LogP contribution in [0.2, 0.25) is 0 Å². The molecule has 15 heteroatoms. The van der Waals surface area contributed by atoms with E-state index in [1.54, 1.807) is 36.1 Å². The first-order chi connectivity index (χ1) is 31.5. The van der Waals surface area contributed by atoms with Crippen LogP contribution in [0.15, 0.2) is 77.6 Å². The molecule has 0 saturated carbocycles. The van der Waals surface area contributed by atoms with E-state index in [-0.39, 0.29) is 92.7 Å². The number of rotatable bonds is 14. The van der Waals surface area contributed by atoms with E-state index in [1.807, 2.05) is 76.2 Å². The van der Waals surface area contributed by atoms with Gasteiger partial charge < -0.3 is 47.1 Å². The van der Waals surface area contributed by atoms with Crippen molar-refractivity contribution in [2.75, 3.05) is 13.1 Å². The molecule has 4 amide bonds. The van der Waals surface area contributed by atoms with Gasteiger partial charge in [-0.1, -0.05) is 48.5 Å². The number of aromatic hydroxyl groups is 2. The van der Waals surface area contributed by atoms with Crippen molar-refractivity contribution in [1.82, 2.24) is 30.4 Å². The number of aryl methyl sites for hydroxylation is 5. The third-order valence-electron chi connectivity index (χ3n) is 13.1. The lowest BCUT2D eigenvalue weighted by Crippen LogP contribution is -2.57. The van der Waals surface area contributed by atoms with E-state index in [2.05, 4.69) is 20.6 Å². The Morgan fingerprint density at radius 2 is 1.06 bits per heavy atom. The quantitative estimate of drug-likeness (QED) is 0.0861. The standard InChI is InChI=1S/C51H60N8O7/c1-28-18-37(60)19-29(2)39(28)24-41(52)50(65)58-26-35-12-8-6-10-33(35)22-45(58)48(63)54-16-14-43-32(5)56-44(47(62)57-43)15-17-55-49(64)46-23-34-11-7-9-13-36(34)27-59(46)51(66)42(53)25-40-30(3)20-38(61)21-31(40)4/h6-13,18-21,41-42,45-46,60-61H,14-17,22-27,52-53H2,1-5H3,(H,54,63)(H,55,64)(H,57,62)/t41-,42-,45?,46?/m0/s1. The second kappa shape index (κ2) is 20.1. The highest BCUT2D eigenvalue weighted by atomic mass is 16.3. The second-order valence-electron chi connectivity index (χ2n) is 17.8. The molecule has 7 rings (SSSR count). The molecule has 0 bridgehead atoms. The number of carbonyl (C=O) groups excluding carboxylic acids is 4. The molecule has 0 saturated heterocycles. The zero-order valence-electron chi connectivity index (χ0n) is 38.2. The van der Waals surface area contributed by atoms with Crippen LogP contribution in [0.3, 0.4) is 0 Å². The van der Waals surface area contributed by atoms with Gasteiger partial charge in [0.15, 0.2) is 0 Å². The van der Waals surface area contributed by atoms with Crippen molar-refractivity contribution in [3.63, 3.8) is 0 Å². The van der Waals surface area contributed by atoms with Crippen molar-refractivity contribution < 1.29 is 29.4 Å². The van der Waals surface area contributed by atoms with Crippen LogP contribution in [0.1, 0.15) is 72.7 Å². The van der Waals surface area contributed by atoms with E-state index >= 15 is 0 Å². The van der Waals surface area contributed by atoms with Gasteiger partial charge in [-0.15, -0.1) is 0 Å². The lowest BCUT2D eigenvalue weighted by Gasteiger charge is -2.37. The number of aromatic amines is 1.